The third-order valence-corrected chi connectivity index (χ3v) is 4.02. The molecule has 0 saturated heterocycles. The van der Waals surface area contributed by atoms with E-state index in [1.165, 1.54) is 36.2 Å². The van der Waals surface area contributed by atoms with Gasteiger partial charge in [-0.15, -0.1) is 0 Å². The lowest BCUT2D eigenvalue weighted by Crippen LogP contribution is -2.04. The lowest BCUT2D eigenvalue weighted by Gasteiger charge is -2.16. The number of aromatic carboxylic acids is 1. The molecule has 1 N–H and O–H groups in total. The molecule has 1 aliphatic rings. The van der Waals surface area contributed by atoms with Gasteiger partial charge in [0.1, 0.15) is 11.3 Å². The third kappa shape index (κ3) is 3.08. The minimum Gasteiger partial charge on any atom is -0.477 e. The largest absolute Gasteiger partial charge is 0.477 e. The summed E-state index contributed by atoms with van der Waals surface area (Å²) in [6.07, 6.45) is 6.09. The van der Waals surface area contributed by atoms with Crippen LogP contribution >= 0.6 is 15.9 Å². The summed E-state index contributed by atoms with van der Waals surface area (Å²) >= 11 is 3.22. The van der Waals surface area contributed by atoms with E-state index in [1.54, 1.807) is 0 Å². The van der Waals surface area contributed by atoms with Crippen molar-refractivity contribution < 1.29 is 14.6 Å². The molecule has 0 spiro atoms. The van der Waals surface area contributed by atoms with Gasteiger partial charge in [0.05, 0.1) is 0 Å². The fraction of sp³-hybridized carbons (Fsp3) is 0.250. The number of rotatable bonds is 3. The number of ether oxygens (including phenoxy) is 1. The number of hydrogen-bond acceptors (Lipinski definition) is 3. The molecule has 21 heavy (non-hydrogen) atoms. The van der Waals surface area contributed by atoms with Crippen molar-refractivity contribution in [2.45, 2.75) is 25.7 Å². The second kappa shape index (κ2) is 5.85. The lowest BCUT2D eigenvalue weighted by atomic mass is 9.92. The number of pyridine rings is 1. The maximum Gasteiger partial charge on any atom is 0.341 e. The summed E-state index contributed by atoms with van der Waals surface area (Å²) in [5.41, 5.74) is 2.69. The summed E-state index contributed by atoms with van der Waals surface area (Å²) in [6.45, 7) is 0. The van der Waals surface area contributed by atoms with E-state index >= 15 is 0 Å². The third-order valence-electron chi connectivity index (χ3n) is 3.58. The number of carboxylic acid groups (broad SMARTS) is 1. The van der Waals surface area contributed by atoms with Crippen molar-refractivity contribution in [2.75, 3.05) is 0 Å². The van der Waals surface area contributed by atoms with Crippen LogP contribution in [0.5, 0.6) is 11.6 Å². The average molecular weight is 348 g/mol. The first-order valence-electron chi connectivity index (χ1n) is 6.82. The van der Waals surface area contributed by atoms with Gasteiger partial charge in [0.2, 0.25) is 5.88 Å². The Morgan fingerprint density at radius 3 is 2.71 bits per heavy atom. The van der Waals surface area contributed by atoms with Gasteiger partial charge in [-0.1, -0.05) is 6.07 Å². The molecule has 0 amide bonds. The highest BCUT2D eigenvalue weighted by Crippen LogP contribution is 2.29. The van der Waals surface area contributed by atoms with Gasteiger partial charge in [0.15, 0.2) is 0 Å². The zero-order chi connectivity index (χ0) is 14.8. The van der Waals surface area contributed by atoms with Crippen LogP contribution in [0, 0.1) is 0 Å². The van der Waals surface area contributed by atoms with Crippen molar-refractivity contribution in [1.29, 1.82) is 0 Å². The molecular formula is C16H14BrNO3. The standard InChI is InChI=1S/C16H14BrNO3/c17-12-8-14(16(19)20)15(18-9-12)21-13-6-5-10-3-1-2-4-11(10)7-13/h5-9H,1-4H2,(H,19,20). The highest BCUT2D eigenvalue weighted by molar-refractivity contribution is 9.10. The first-order chi connectivity index (χ1) is 10.1. The van der Waals surface area contributed by atoms with Gasteiger partial charge in [-0.05, 0) is 70.9 Å². The smallest absolute Gasteiger partial charge is 0.341 e. The van der Waals surface area contributed by atoms with Crippen molar-refractivity contribution in [3.8, 4) is 11.6 Å². The Kier molecular flexibility index (Phi) is 3.92. The second-order valence-electron chi connectivity index (χ2n) is 5.05. The molecule has 0 atom stereocenters. The van der Waals surface area contributed by atoms with Gasteiger partial charge in [-0.3, -0.25) is 0 Å². The number of carbonyl (C=O) groups is 1. The van der Waals surface area contributed by atoms with Crippen molar-refractivity contribution in [2.24, 2.45) is 0 Å². The van der Waals surface area contributed by atoms with E-state index in [1.807, 2.05) is 12.1 Å². The van der Waals surface area contributed by atoms with Crippen LogP contribution in [0.15, 0.2) is 34.9 Å². The van der Waals surface area contributed by atoms with E-state index in [2.05, 4.69) is 27.0 Å². The molecule has 0 fully saturated rings. The van der Waals surface area contributed by atoms with Crippen LogP contribution in [0.3, 0.4) is 0 Å². The summed E-state index contributed by atoms with van der Waals surface area (Å²) in [4.78, 5) is 15.3. The Balaban J connectivity index is 1.92. The van der Waals surface area contributed by atoms with Gasteiger partial charge in [-0.25, -0.2) is 9.78 Å². The number of aryl methyl sites for hydroxylation is 2. The highest BCUT2D eigenvalue weighted by atomic mass is 79.9. The highest BCUT2D eigenvalue weighted by Gasteiger charge is 2.16. The molecule has 4 nitrogen and oxygen atoms in total. The summed E-state index contributed by atoms with van der Waals surface area (Å²) in [5, 5.41) is 9.22. The van der Waals surface area contributed by atoms with Gasteiger partial charge < -0.3 is 9.84 Å². The van der Waals surface area contributed by atoms with Gasteiger partial charge >= 0.3 is 5.97 Å². The van der Waals surface area contributed by atoms with Crippen LogP contribution in [-0.2, 0) is 12.8 Å². The monoisotopic (exact) mass is 347 g/mol. The fourth-order valence-electron chi connectivity index (χ4n) is 2.55. The minimum atomic E-state index is -1.06. The SMILES string of the molecule is O=C(O)c1cc(Br)cnc1Oc1ccc2c(c1)CCCC2. The maximum atomic E-state index is 11.3. The number of fused-ring (bicyclic) bond motifs is 1. The van der Waals surface area contributed by atoms with E-state index in [0.29, 0.717) is 10.2 Å². The predicted molar refractivity (Wildman–Crippen MR) is 82.1 cm³/mol. The van der Waals surface area contributed by atoms with Crippen LogP contribution < -0.4 is 4.74 Å². The van der Waals surface area contributed by atoms with Crippen molar-refractivity contribution in [3.63, 3.8) is 0 Å². The maximum absolute atomic E-state index is 11.3. The molecule has 3 rings (SSSR count). The van der Waals surface area contributed by atoms with E-state index < -0.39 is 5.97 Å². The van der Waals surface area contributed by atoms with E-state index in [9.17, 15) is 9.90 Å². The lowest BCUT2D eigenvalue weighted by molar-refractivity contribution is 0.0693. The zero-order valence-corrected chi connectivity index (χ0v) is 12.9. The average Bonchev–Trinajstić information content (AvgIpc) is 2.49. The van der Waals surface area contributed by atoms with Gasteiger partial charge in [-0.2, -0.15) is 0 Å². The molecular weight excluding hydrogens is 334 g/mol. The minimum absolute atomic E-state index is 0.0436. The van der Waals surface area contributed by atoms with Gasteiger partial charge in [0.25, 0.3) is 0 Å². The molecule has 0 aliphatic heterocycles. The van der Waals surface area contributed by atoms with Crippen molar-refractivity contribution in [3.05, 3.63) is 51.6 Å². The van der Waals surface area contributed by atoms with Crippen LogP contribution in [0.1, 0.15) is 34.3 Å². The number of nitrogens with zero attached hydrogens (tertiary/aromatic N) is 1. The van der Waals surface area contributed by atoms with E-state index in [4.69, 9.17) is 4.74 Å². The Labute approximate surface area is 130 Å². The molecule has 2 aromatic rings. The molecule has 1 aromatic carbocycles. The van der Waals surface area contributed by atoms with Crippen LogP contribution in [-0.4, -0.2) is 16.1 Å². The molecule has 0 radical (unpaired) electrons. The molecule has 0 unspecified atom stereocenters. The summed E-state index contributed by atoms with van der Waals surface area (Å²) in [5.74, 6) is -0.314. The Bertz CT molecular complexity index is 700. The molecule has 108 valence electrons. The topological polar surface area (TPSA) is 59.4 Å². The van der Waals surface area contributed by atoms with E-state index in [0.717, 1.165) is 12.8 Å². The first-order valence-corrected chi connectivity index (χ1v) is 7.61. The summed E-state index contributed by atoms with van der Waals surface area (Å²) in [7, 11) is 0. The molecule has 5 heteroatoms. The number of carboxylic acids is 1. The summed E-state index contributed by atoms with van der Waals surface area (Å²) in [6, 6.07) is 7.41. The van der Waals surface area contributed by atoms with Crippen LogP contribution in [0.2, 0.25) is 0 Å². The number of aromatic nitrogens is 1. The van der Waals surface area contributed by atoms with Crippen molar-refractivity contribution in [1.82, 2.24) is 4.98 Å². The predicted octanol–water partition coefficient (Wildman–Crippen LogP) is 4.21. The normalized spacial score (nSPS) is 13.6. The van der Waals surface area contributed by atoms with Crippen LogP contribution in [0.4, 0.5) is 0 Å². The number of hydrogen-bond donors (Lipinski definition) is 1. The quantitative estimate of drug-likeness (QED) is 0.903. The van der Waals surface area contributed by atoms with Crippen molar-refractivity contribution >= 4 is 21.9 Å². The fourth-order valence-corrected chi connectivity index (χ4v) is 2.88. The Hall–Kier alpha value is -1.88. The van der Waals surface area contributed by atoms with Gasteiger partial charge in [0, 0.05) is 10.7 Å². The molecule has 0 saturated carbocycles. The second-order valence-corrected chi connectivity index (χ2v) is 5.97. The molecule has 1 aromatic heterocycles. The molecule has 1 heterocycles. The first kappa shape index (κ1) is 14.1. The Morgan fingerprint density at radius 2 is 1.95 bits per heavy atom. The Morgan fingerprint density at radius 1 is 1.19 bits per heavy atom. The number of halogens is 1. The summed E-state index contributed by atoms with van der Waals surface area (Å²) < 4.78 is 6.29. The zero-order valence-electron chi connectivity index (χ0n) is 11.3. The number of benzene rings is 1. The molecule has 0 bridgehead atoms. The van der Waals surface area contributed by atoms with E-state index in [-0.39, 0.29) is 11.4 Å². The van der Waals surface area contributed by atoms with Crippen LogP contribution in [0.25, 0.3) is 0 Å². The molecule has 1 aliphatic carbocycles.